The number of hydrogen-bond acceptors (Lipinski definition) is 3. The molecule has 2 rings (SSSR count). The van der Waals surface area contributed by atoms with Gasteiger partial charge in [-0.15, -0.1) is 0 Å². The van der Waals surface area contributed by atoms with Crippen molar-refractivity contribution in [3.05, 3.63) is 58.1 Å². The Morgan fingerprint density at radius 2 is 0.696 bits per heavy atom. The quantitative estimate of drug-likeness (QED) is 0.0531. The summed E-state index contributed by atoms with van der Waals surface area (Å²) in [5.74, 6) is 1.10. The fourth-order valence-corrected chi connectivity index (χ4v) is 10.7. The van der Waals surface area contributed by atoms with E-state index in [1.807, 2.05) is 25.1 Å². The van der Waals surface area contributed by atoms with Gasteiger partial charge in [0.15, 0.2) is 0 Å². The molecule has 2 aromatic rings. The third-order valence-corrected chi connectivity index (χ3v) is 14.9. The lowest BCUT2D eigenvalue weighted by atomic mass is 9.80. The molecular weight excluding hydrogens is 843 g/mol. The lowest BCUT2D eigenvalue weighted by molar-refractivity contribution is -0.0132. The van der Waals surface area contributed by atoms with Crippen LogP contribution in [0.3, 0.4) is 0 Å². The molecule has 4 nitrogen and oxygen atoms in total. The first-order valence-corrected chi connectivity index (χ1v) is 30.8. The van der Waals surface area contributed by atoms with Crippen LogP contribution >= 0.6 is 0 Å². The van der Waals surface area contributed by atoms with Crippen molar-refractivity contribution in [2.24, 2.45) is 0 Å². The first-order valence-electron chi connectivity index (χ1n) is 30.8. The van der Waals surface area contributed by atoms with Crippen LogP contribution in [0.2, 0.25) is 0 Å². The minimum Gasteiger partial charge on any atom is -0.454 e. The van der Waals surface area contributed by atoms with E-state index >= 15 is 0 Å². The summed E-state index contributed by atoms with van der Waals surface area (Å²) in [6.45, 7) is 13.6. The Morgan fingerprint density at radius 1 is 0.420 bits per heavy atom. The van der Waals surface area contributed by atoms with Gasteiger partial charge >= 0.3 is 6.09 Å². The highest BCUT2D eigenvalue weighted by atomic mass is 16.7. The summed E-state index contributed by atoms with van der Waals surface area (Å²) < 4.78 is 13.3. The number of rotatable bonds is 49. The molecule has 1 atom stereocenters. The predicted octanol–water partition coefficient (Wildman–Crippen LogP) is 21.9. The molecule has 1 N–H and O–H groups in total. The average Bonchev–Trinajstić information content (AvgIpc) is 3.35. The zero-order chi connectivity index (χ0) is 49.7. The van der Waals surface area contributed by atoms with E-state index < -0.39 is 12.4 Å². The molecule has 0 fully saturated rings. The Hall–Kier alpha value is -2.49. The summed E-state index contributed by atoms with van der Waals surface area (Å²) in [5, 5.41) is 2.94. The van der Waals surface area contributed by atoms with E-state index in [1.54, 1.807) is 22.8 Å². The average molecular weight is 958 g/mol. The van der Waals surface area contributed by atoms with Gasteiger partial charge in [-0.25, -0.2) is 4.79 Å². The van der Waals surface area contributed by atoms with Crippen LogP contribution in [0, 0.1) is 6.07 Å². The largest absolute Gasteiger partial charge is 0.454 e. The maximum atomic E-state index is 13.4. The highest BCUT2D eigenvalue weighted by Crippen LogP contribution is 2.41. The first-order chi connectivity index (χ1) is 34.0. The summed E-state index contributed by atoms with van der Waals surface area (Å²) in [7, 11) is 0. The number of unbranched alkanes of at least 4 members (excludes halogenated alkanes) is 35. The molecule has 0 saturated heterocycles. The van der Waals surface area contributed by atoms with E-state index in [2.05, 4.69) is 46.0 Å². The lowest BCUT2D eigenvalue weighted by Crippen LogP contribution is -2.26. The van der Waals surface area contributed by atoms with E-state index in [9.17, 15) is 4.79 Å². The zero-order valence-electron chi connectivity index (χ0n) is 46.9. The molecule has 0 saturated carbocycles. The number of carbonyl (C=O) groups excluding carboxylic acids is 1. The topological polar surface area (TPSA) is 47.6 Å². The van der Waals surface area contributed by atoms with Gasteiger partial charge in [0, 0.05) is 12.6 Å². The maximum Gasteiger partial charge on any atom is 0.414 e. The van der Waals surface area contributed by atoms with Crippen molar-refractivity contribution in [1.29, 1.82) is 0 Å². The number of anilines is 1. The number of ether oxygens (including phenoxy) is 2. The molecule has 1 unspecified atom stereocenters. The Kier molecular flexibility index (Phi) is 41.2. The minimum absolute atomic E-state index is 0.471. The molecule has 2 aromatic carbocycles. The molecule has 0 heterocycles. The Labute approximate surface area is 430 Å². The van der Waals surface area contributed by atoms with Crippen LogP contribution in [0.15, 0.2) is 24.3 Å². The van der Waals surface area contributed by atoms with E-state index in [-0.39, 0.29) is 0 Å². The monoisotopic (exact) mass is 957 g/mol. The highest BCUT2D eigenvalue weighted by Gasteiger charge is 2.26. The van der Waals surface area contributed by atoms with Gasteiger partial charge < -0.3 is 9.47 Å². The normalized spacial score (nSPS) is 11.9. The molecule has 1 radical (unpaired) electrons. The van der Waals surface area contributed by atoms with Gasteiger partial charge in [0.25, 0.3) is 0 Å². The number of nitrogens with one attached hydrogen (secondary N) is 1. The number of amides is 1. The van der Waals surface area contributed by atoms with Crippen LogP contribution < -0.4 is 10.1 Å². The van der Waals surface area contributed by atoms with Crippen molar-refractivity contribution in [2.75, 3.05) is 5.32 Å². The standard InChI is InChI=1S/C65H114NO3/c1-7-12-17-22-27-32-37-45-52-59-60(53-46-38-33-28-23-18-13-8-2)62(55-48-40-35-30-25-20-15-10-4)64(68-57(6)69-65(67)66-58-50-43-42-44-51-58)63(56-49-41-36-31-26-21-16-11-5)61(59)54-47-39-34-29-24-19-14-9-3/h42-43,50-51,57H,7-41,45-49,52-56H2,1-6H3,(H,66,67). The maximum absolute atomic E-state index is 13.4. The molecule has 0 aliphatic carbocycles. The van der Waals surface area contributed by atoms with Crippen molar-refractivity contribution in [3.63, 3.8) is 0 Å². The fraction of sp³-hybridized carbons (Fsp3) is 0.800. The van der Waals surface area contributed by atoms with Crippen LogP contribution in [-0.2, 0) is 36.8 Å². The van der Waals surface area contributed by atoms with Gasteiger partial charge in [-0.05, 0) is 110 Å². The van der Waals surface area contributed by atoms with Crippen LogP contribution in [0.4, 0.5) is 10.5 Å². The molecule has 69 heavy (non-hydrogen) atoms. The zero-order valence-corrected chi connectivity index (χ0v) is 46.9. The smallest absolute Gasteiger partial charge is 0.414 e. The van der Waals surface area contributed by atoms with Gasteiger partial charge in [0.1, 0.15) is 5.75 Å². The molecule has 0 aliphatic heterocycles. The Balaban J connectivity index is 2.69. The molecule has 0 aliphatic rings. The van der Waals surface area contributed by atoms with E-state index in [4.69, 9.17) is 9.47 Å². The molecule has 0 bridgehead atoms. The molecular formula is C65H114NO3. The molecule has 0 spiro atoms. The second-order valence-electron chi connectivity index (χ2n) is 21.4. The first kappa shape index (κ1) is 62.6. The number of benzene rings is 2. The van der Waals surface area contributed by atoms with Crippen LogP contribution in [0.25, 0.3) is 0 Å². The third-order valence-electron chi connectivity index (χ3n) is 14.9. The Bertz CT molecular complexity index is 1390. The molecule has 397 valence electrons. The van der Waals surface area contributed by atoms with Gasteiger partial charge in [-0.2, -0.15) is 0 Å². The lowest BCUT2D eigenvalue weighted by Gasteiger charge is -2.29. The van der Waals surface area contributed by atoms with Gasteiger partial charge in [-0.3, -0.25) is 5.32 Å². The van der Waals surface area contributed by atoms with Crippen molar-refractivity contribution < 1.29 is 14.3 Å². The SMILES string of the molecule is CCCCCCCCCCc1c(CCCCCCCCCC)c(CCCCCCCCCC)c(OC(C)OC(=O)Nc2c[c]ccc2)c(CCCCCCCCCC)c1CCCCCCCCCC. The van der Waals surface area contributed by atoms with E-state index in [0.717, 1.165) is 31.4 Å². The number of carbonyl (C=O) groups is 1. The van der Waals surface area contributed by atoms with Crippen molar-refractivity contribution >= 4 is 11.8 Å². The fourth-order valence-electron chi connectivity index (χ4n) is 10.7. The summed E-state index contributed by atoms with van der Waals surface area (Å²) >= 11 is 0. The number of hydrogen-bond donors (Lipinski definition) is 1. The van der Waals surface area contributed by atoms with Crippen LogP contribution in [-0.4, -0.2) is 12.4 Å². The molecule has 1 amide bonds. The van der Waals surface area contributed by atoms with Crippen LogP contribution in [0.5, 0.6) is 5.75 Å². The Morgan fingerprint density at radius 3 is 0.986 bits per heavy atom. The van der Waals surface area contributed by atoms with E-state index in [0.29, 0.717) is 5.69 Å². The van der Waals surface area contributed by atoms with Crippen molar-refractivity contribution in [1.82, 2.24) is 0 Å². The van der Waals surface area contributed by atoms with Crippen LogP contribution in [0.1, 0.15) is 326 Å². The molecule has 4 heteroatoms. The molecule has 0 aromatic heterocycles. The second-order valence-corrected chi connectivity index (χ2v) is 21.4. The predicted molar refractivity (Wildman–Crippen MR) is 303 cm³/mol. The van der Waals surface area contributed by atoms with E-state index in [1.165, 1.54) is 274 Å². The van der Waals surface area contributed by atoms with Gasteiger partial charge in [0.2, 0.25) is 6.29 Å². The minimum atomic E-state index is -0.710. The van der Waals surface area contributed by atoms with Gasteiger partial charge in [-0.1, -0.05) is 271 Å². The van der Waals surface area contributed by atoms with Gasteiger partial charge in [0.05, 0.1) is 0 Å². The third kappa shape index (κ3) is 31.6. The summed E-state index contributed by atoms with van der Waals surface area (Å²) in [5.41, 5.74) is 8.61. The van der Waals surface area contributed by atoms with Crippen molar-refractivity contribution in [2.45, 2.75) is 337 Å². The summed E-state index contributed by atoms with van der Waals surface area (Å²) in [4.78, 5) is 13.4. The highest BCUT2D eigenvalue weighted by molar-refractivity contribution is 5.84. The summed E-state index contributed by atoms with van der Waals surface area (Å²) in [6.07, 6.45) is 57.7. The summed E-state index contributed by atoms with van der Waals surface area (Å²) in [6, 6.07) is 10.5. The van der Waals surface area contributed by atoms with Crippen molar-refractivity contribution in [3.8, 4) is 5.75 Å². The second kappa shape index (κ2) is 45.4.